The number of nitrogens with one attached hydrogen (secondary N) is 1. The van der Waals surface area contributed by atoms with E-state index in [-0.39, 0.29) is 12.6 Å². The third kappa shape index (κ3) is 3.47. The van der Waals surface area contributed by atoms with Crippen molar-refractivity contribution in [3.05, 3.63) is 35.4 Å². The van der Waals surface area contributed by atoms with Crippen LogP contribution in [0.4, 0.5) is 4.79 Å². The Kier molecular flexibility index (Phi) is 5.35. The van der Waals surface area contributed by atoms with Crippen LogP contribution in [0.15, 0.2) is 24.3 Å². The second-order valence-electron chi connectivity index (χ2n) is 6.70. The van der Waals surface area contributed by atoms with Crippen molar-refractivity contribution in [3.63, 3.8) is 0 Å². The van der Waals surface area contributed by atoms with Crippen LogP contribution in [0.1, 0.15) is 49.8 Å². The third-order valence-corrected chi connectivity index (χ3v) is 4.88. The number of rotatable bonds is 6. The Morgan fingerprint density at radius 3 is 2.65 bits per heavy atom. The number of fused-ring (bicyclic) bond motifs is 1. The standard InChI is InChI=1S/C19H23N3O4/c1-2-3-11-21-17(24)18(25)22(19(21)26)12-16(23)20-15-10-6-8-13-7-4-5-9-14(13)15/h4-5,7,9,15H,2-3,6,8,10-12H2,1H3,(H,20,23)/t15-/m1/s1. The second-order valence-corrected chi connectivity index (χ2v) is 6.70. The minimum atomic E-state index is -0.926. The molecule has 1 heterocycles. The van der Waals surface area contributed by atoms with Gasteiger partial charge in [0.2, 0.25) is 5.91 Å². The lowest BCUT2D eigenvalue weighted by molar-refractivity contribution is -0.144. The van der Waals surface area contributed by atoms with Crippen LogP contribution in [0.5, 0.6) is 0 Å². The normalized spacial score (nSPS) is 19.7. The molecule has 0 aromatic heterocycles. The molecular weight excluding hydrogens is 334 g/mol. The van der Waals surface area contributed by atoms with Gasteiger partial charge in [0, 0.05) is 6.54 Å². The number of hydrogen-bond acceptors (Lipinski definition) is 4. The lowest BCUT2D eigenvalue weighted by Gasteiger charge is -2.27. The molecule has 7 heteroatoms. The van der Waals surface area contributed by atoms with Crippen molar-refractivity contribution in [3.8, 4) is 0 Å². The van der Waals surface area contributed by atoms with Crippen LogP contribution in [0.2, 0.25) is 0 Å². The maximum absolute atomic E-state index is 12.4. The van der Waals surface area contributed by atoms with Crippen molar-refractivity contribution in [2.75, 3.05) is 13.1 Å². The van der Waals surface area contributed by atoms with Gasteiger partial charge < -0.3 is 5.32 Å². The fourth-order valence-electron chi connectivity index (χ4n) is 3.49. The number of hydrogen-bond donors (Lipinski definition) is 1. The van der Waals surface area contributed by atoms with E-state index in [1.54, 1.807) is 0 Å². The largest absolute Gasteiger partial charge is 0.348 e. The quantitative estimate of drug-likeness (QED) is 0.621. The number of amides is 5. The fourth-order valence-corrected chi connectivity index (χ4v) is 3.49. The highest BCUT2D eigenvalue weighted by Crippen LogP contribution is 2.29. The van der Waals surface area contributed by atoms with Crippen molar-refractivity contribution >= 4 is 23.8 Å². The van der Waals surface area contributed by atoms with Gasteiger partial charge in [-0.15, -0.1) is 0 Å². The van der Waals surface area contributed by atoms with E-state index in [0.717, 1.165) is 41.0 Å². The van der Waals surface area contributed by atoms with Crippen LogP contribution in [-0.4, -0.2) is 46.6 Å². The molecule has 2 aliphatic rings. The minimum Gasteiger partial charge on any atom is -0.348 e. The van der Waals surface area contributed by atoms with Crippen LogP contribution in [0.3, 0.4) is 0 Å². The van der Waals surface area contributed by atoms with Gasteiger partial charge in [0.25, 0.3) is 0 Å². The zero-order valence-electron chi connectivity index (χ0n) is 14.9. The predicted molar refractivity (Wildman–Crippen MR) is 94.0 cm³/mol. The highest BCUT2D eigenvalue weighted by atomic mass is 16.2. The summed E-state index contributed by atoms with van der Waals surface area (Å²) in [5, 5.41) is 2.90. The molecule has 0 saturated carbocycles. The summed E-state index contributed by atoms with van der Waals surface area (Å²) in [6.45, 7) is 1.71. The topological polar surface area (TPSA) is 86.8 Å². The van der Waals surface area contributed by atoms with Gasteiger partial charge in [-0.1, -0.05) is 37.6 Å². The van der Waals surface area contributed by atoms with Gasteiger partial charge in [0.1, 0.15) is 6.54 Å². The Morgan fingerprint density at radius 2 is 1.88 bits per heavy atom. The average molecular weight is 357 g/mol. The molecule has 1 aromatic carbocycles. The zero-order valence-corrected chi connectivity index (χ0v) is 14.9. The van der Waals surface area contributed by atoms with Crippen molar-refractivity contribution in [2.24, 2.45) is 0 Å². The second kappa shape index (κ2) is 7.68. The van der Waals surface area contributed by atoms with Crippen LogP contribution in [0, 0.1) is 0 Å². The van der Waals surface area contributed by atoms with E-state index in [2.05, 4.69) is 5.32 Å². The SMILES string of the molecule is CCCCN1C(=O)C(=O)N(CC(=O)N[C@@H]2CCCc3ccccc32)C1=O. The molecule has 138 valence electrons. The summed E-state index contributed by atoms with van der Waals surface area (Å²) >= 11 is 0. The Morgan fingerprint density at radius 1 is 1.15 bits per heavy atom. The van der Waals surface area contributed by atoms with Crippen molar-refractivity contribution in [2.45, 2.75) is 45.1 Å². The Hall–Kier alpha value is -2.70. The summed E-state index contributed by atoms with van der Waals surface area (Å²) < 4.78 is 0. The molecule has 1 aliphatic carbocycles. The van der Waals surface area contributed by atoms with Crippen LogP contribution < -0.4 is 5.32 Å². The molecule has 3 rings (SSSR count). The van der Waals surface area contributed by atoms with Crippen LogP contribution in [0.25, 0.3) is 0 Å². The lowest BCUT2D eigenvalue weighted by atomic mass is 9.88. The first-order valence-electron chi connectivity index (χ1n) is 9.07. The van der Waals surface area contributed by atoms with Gasteiger partial charge >= 0.3 is 17.8 Å². The number of urea groups is 1. The molecule has 0 bridgehead atoms. The molecule has 1 aliphatic heterocycles. The number of carbonyl (C=O) groups is 4. The van der Waals surface area contributed by atoms with E-state index >= 15 is 0 Å². The van der Waals surface area contributed by atoms with Crippen molar-refractivity contribution in [1.82, 2.24) is 15.1 Å². The van der Waals surface area contributed by atoms with E-state index in [1.807, 2.05) is 31.2 Å². The summed E-state index contributed by atoms with van der Waals surface area (Å²) in [7, 11) is 0. The molecule has 7 nitrogen and oxygen atoms in total. The van der Waals surface area contributed by atoms with E-state index in [0.29, 0.717) is 6.42 Å². The number of aryl methyl sites for hydroxylation is 1. The van der Waals surface area contributed by atoms with Gasteiger partial charge in [-0.3, -0.25) is 19.3 Å². The zero-order chi connectivity index (χ0) is 18.7. The maximum Gasteiger partial charge on any atom is 0.334 e. The molecule has 1 saturated heterocycles. The van der Waals surface area contributed by atoms with Gasteiger partial charge in [0.15, 0.2) is 0 Å². The van der Waals surface area contributed by atoms with Gasteiger partial charge in [-0.25, -0.2) is 9.69 Å². The van der Waals surface area contributed by atoms with E-state index < -0.39 is 30.3 Å². The first-order valence-corrected chi connectivity index (χ1v) is 9.07. The molecule has 0 radical (unpaired) electrons. The average Bonchev–Trinajstić information content (AvgIpc) is 2.84. The monoisotopic (exact) mass is 357 g/mol. The van der Waals surface area contributed by atoms with Gasteiger partial charge in [0.05, 0.1) is 6.04 Å². The molecule has 1 atom stereocenters. The third-order valence-electron chi connectivity index (χ3n) is 4.88. The van der Waals surface area contributed by atoms with Gasteiger partial charge in [-0.2, -0.15) is 0 Å². The molecule has 0 spiro atoms. The molecular formula is C19H23N3O4. The van der Waals surface area contributed by atoms with Crippen molar-refractivity contribution in [1.29, 1.82) is 0 Å². The van der Waals surface area contributed by atoms with E-state index in [1.165, 1.54) is 5.56 Å². The summed E-state index contributed by atoms with van der Waals surface area (Å²) in [5.74, 6) is -2.21. The summed E-state index contributed by atoms with van der Waals surface area (Å²) in [6.07, 6.45) is 4.18. The number of imide groups is 2. The van der Waals surface area contributed by atoms with E-state index in [4.69, 9.17) is 0 Å². The molecule has 1 fully saturated rings. The Balaban J connectivity index is 1.65. The Labute approximate surface area is 152 Å². The molecule has 5 amide bonds. The van der Waals surface area contributed by atoms with Crippen LogP contribution >= 0.6 is 0 Å². The molecule has 1 N–H and O–H groups in total. The number of unbranched alkanes of at least 4 members (excludes halogenated alkanes) is 1. The smallest absolute Gasteiger partial charge is 0.334 e. The highest BCUT2D eigenvalue weighted by molar-refractivity contribution is 6.45. The number of carbonyl (C=O) groups excluding carboxylic acids is 4. The predicted octanol–water partition coefficient (Wildman–Crippen LogP) is 1.77. The van der Waals surface area contributed by atoms with Gasteiger partial charge in [-0.05, 0) is 36.8 Å². The number of benzene rings is 1. The number of nitrogens with zero attached hydrogens (tertiary/aromatic N) is 2. The highest BCUT2D eigenvalue weighted by Gasteiger charge is 2.44. The first kappa shape index (κ1) is 18.1. The Bertz CT molecular complexity index is 746. The molecule has 26 heavy (non-hydrogen) atoms. The van der Waals surface area contributed by atoms with Crippen LogP contribution in [-0.2, 0) is 20.8 Å². The first-order chi connectivity index (χ1) is 12.5. The summed E-state index contributed by atoms with van der Waals surface area (Å²) in [6, 6.07) is 7.11. The van der Waals surface area contributed by atoms with E-state index in [9.17, 15) is 19.2 Å². The maximum atomic E-state index is 12.4. The minimum absolute atomic E-state index is 0.132. The van der Waals surface area contributed by atoms with Crippen molar-refractivity contribution < 1.29 is 19.2 Å². The molecule has 1 aromatic rings. The fraction of sp³-hybridized carbons (Fsp3) is 0.474. The lowest BCUT2D eigenvalue weighted by Crippen LogP contribution is -2.43. The summed E-state index contributed by atoms with van der Waals surface area (Å²) in [5.41, 5.74) is 2.28. The summed E-state index contributed by atoms with van der Waals surface area (Å²) in [4.78, 5) is 50.4. The molecule has 0 unspecified atom stereocenters.